The van der Waals surface area contributed by atoms with Gasteiger partial charge in [-0.2, -0.15) is 0 Å². The van der Waals surface area contributed by atoms with E-state index in [4.69, 9.17) is 0 Å². The van der Waals surface area contributed by atoms with Crippen molar-refractivity contribution >= 4 is 15.9 Å². The number of halogens is 1. The van der Waals surface area contributed by atoms with E-state index in [1.807, 2.05) is 6.20 Å². The van der Waals surface area contributed by atoms with Crippen LogP contribution in [-0.4, -0.2) is 14.9 Å². The van der Waals surface area contributed by atoms with Crippen LogP contribution in [0.2, 0.25) is 0 Å². The molecule has 2 rings (SSSR count). The van der Waals surface area contributed by atoms with Crippen LogP contribution in [0.15, 0.2) is 12.4 Å². The van der Waals surface area contributed by atoms with Crippen LogP contribution in [0.25, 0.3) is 0 Å². The average molecular weight is 257 g/mol. The van der Waals surface area contributed by atoms with Gasteiger partial charge in [-0.3, -0.25) is 0 Å². The second kappa shape index (κ2) is 4.05. The number of imidazole rings is 1. The summed E-state index contributed by atoms with van der Waals surface area (Å²) in [4.78, 5) is 4.36. The third-order valence-electron chi connectivity index (χ3n) is 3.32. The Balaban J connectivity index is 2.09. The van der Waals surface area contributed by atoms with Crippen molar-refractivity contribution in [2.75, 3.05) is 5.33 Å². The predicted molar refractivity (Wildman–Crippen MR) is 61.7 cm³/mol. The first kappa shape index (κ1) is 10.2. The molecule has 0 aromatic carbocycles. The average Bonchev–Trinajstić information content (AvgIpc) is 2.58. The molecule has 1 aromatic rings. The minimum Gasteiger partial charge on any atom is -0.334 e. The normalized spacial score (nSPS) is 19.3. The lowest BCUT2D eigenvalue weighted by molar-refractivity contribution is 0.139. The Morgan fingerprint density at radius 1 is 1.57 bits per heavy atom. The number of nitrogens with zero attached hydrogens (tertiary/aromatic N) is 2. The maximum absolute atomic E-state index is 4.36. The van der Waals surface area contributed by atoms with Crippen LogP contribution in [0, 0.1) is 5.41 Å². The van der Waals surface area contributed by atoms with Crippen molar-refractivity contribution in [1.82, 2.24) is 9.55 Å². The Labute approximate surface area is 93.9 Å². The Morgan fingerprint density at radius 2 is 2.36 bits per heavy atom. The largest absolute Gasteiger partial charge is 0.334 e. The maximum Gasteiger partial charge on any atom is 0.108 e. The zero-order valence-electron chi connectivity index (χ0n) is 8.67. The third-order valence-corrected chi connectivity index (χ3v) is 4.51. The van der Waals surface area contributed by atoms with E-state index in [2.05, 4.69) is 38.6 Å². The molecule has 14 heavy (non-hydrogen) atoms. The Bertz CT molecular complexity index is 296. The van der Waals surface area contributed by atoms with Crippen LogP contribution in [0.5, 0.6) is 0 Å². The van der Waals surface area contributed by atoms with Crippen molar-refractivity contribution in [3.63, 3.8) is 0 Å². The van der Waals surface area contributed by atoms with E-state index in [-0.39, 0.29) is 0 Å². The van der Waals surface area contributed by atoms with Crippen molar-refractivity contribution < 1.29 is 0 Å². The summed E-state index contributed by atoms with van der Waals surface area (Å²) in [6, 6.07) is 0. The smallest absolute Gasteiger partial charge is 0.108 e. The molecule has 0 spiro atoms. The van der Waals surface area contributed by atoms with E-state index in [1.54, 1.807) is 0 Å². The van der Waals surface area contributed by atoms with E-state index in [0.29, 0.717) is 5.41 Å². The fraction of sp³-hybridized carbons (Fsp3) is 0.727. The predicted octanol–water partition coefficient (Wildman–Crippen LogP) is 3.01. The van der Waals surface area contributed by atoms with Crippen molar-refractivity contribution in [2.24, 2.45) is 5.41 Å². The third kappa shape index (κ3) is 1.74. The summed E-state index contributed by atoms with van der Waals surface area (Å²) in [5.74, 6) is 1.22. The Morgan fingerprint density at radius 3 is 2.86 bits per heavy atom. The lowest BCUT2D eigenvalue weighted by Gasteiger charge is -2.41. The lowest BCUT2D eigenvalue weighted by atomic mass is 9.70. The molecule has 1 aromatic heterocycles. The molecule has 0 atom stereocenters. The van der Waals surface area contributed by atoms with Crippen LogP contribution in [-0.2, 0) is 13.0 Å². The summed E-state index contributed by atoms with van der Waals surface area (Å²) < 4.78 is 2.32. The van der Waals surface area contributed by atoms with Gasteiger partial charge in [0.05, 0.1) is 0 Å². The molecule has 0 amide bonds. The maximum atomic E-state index is 4.36. The van der Waals surface area contributed by atoms with Crippen LogP contribution in [0.4, 0.5) is 0 Å². The quantitative estimate of drug-likeness (QED) is 0.758. The van der Waals surface area contributed by atoms with Crippen LogP contribution >= 0.6 is 15.9 Å². The summed E-state index contributed by atoms with van der Waals surface area (Å²) in [7, 11) is 0. The van der Waals surface area contributed by atoms with E-state index >= 15 is 0 Å². The first-order valence-corrected chi connectivity index (χ1v) is 6.48. The zero-order valence-corrected chi connectivity index (χ0v) is 10.3. The molecule has 0 unspecified atom stereocenters. The fourth-order valence-electron chi connectivity index (χ4n) is 2.17. The lowest BCUT2D eigenvalue weighted by Crippen LogP contribution is -2.36. The molecule has 1 fully saturated rings. The molecule has 1 saturated carbocycles. The van der Waals surface area contributed by atoms with E-state index in [9.17, 15) is 0 Å². The summed E-state index contributed by atoms with van der Waals surface area (Å²) in [6.07, 6.45) is 9.17. The molecule has 1 aliphatic carbocycles. The van der Waals surface area contributed by atoms with Crippen molar-refractivity contribution in [2.45, 2.75) is 39.2 Å². The molecule has 0 saturated heterocycles. The zero-order chi connectivity index (χ0) is 10.0. The summed E-state index contributed by atoms with van der Waals surface area (Å²) >= 11 is 3.64. The molecule has 0 N–H and O–H groups in total. The molecule has 1 aliphatic rings. The van der Waals surface area contributed by atoms with Crippen LogP contribution < -0.4 is 0 Å². The van der Waals surface area contributed by atoms with Gasteiger partial charge in [0.25, 0.3) is 0 Å². The van der Waals surface area contributed by atoms with Crippen molar-refractivity contribution in [1.29, 1.82) is 0 Å². The van der Waals surface area contributed by atoms with Gasteiger partial charge < -0.3 is 4.57 Å². The molecule has 78 valence electrons. The number of rotatable bonds is 4. The summed E-state index contributed by atoms with van der Waals surface area (Å²) in [6.45, 7) is 3.31. The second-order valence-corrected chi connectivity index (χ2v) is 4.87. The van der Waals surface area contributed by atoms with Gasteiger partial charge in [-0.25, -0.2) is 4.98 Å². The van der Waals surface area contributed by atoms with Gasteiger partial charge in [0.15, 0.2) is 0 Å². The van der Waals surface area contributed by atoms with Gasteiger partial charge in [-0.05, 0) is 18.3 Å². The van der Waals surface area contributed by atoms with Gasteiger partial charge in [-0.1, -0.05) is 29.3 Å². The first-order valence-electron chi connectivity index (χ1n) is 5.36. The summed E-state index contributed by atoms with van der Waals surface area (Å²) in [5, 5.41) is 1.13. The van der Waals surface area contributed by atoms with Gasteiger partial charge >= 0.3 is 0 Å². The highest BCUT2D eigenvalue weighted by molar-refractivity contribution is 9.09. The Kier molecular flexibility index (Phi) is 2.96. The van der Waals surface area contributed by atoms with Crippen molar-refractivity contribution in [3.05, 3.63) is 18.2 Å². The van der Waals surface area contributed by atoms with E-state index in [0.717, 1.165) is 18.3 Å². The monoisotopic (exact) mass is 256 g/mol. The number of hydrogen-bond donors (Lipinski definition) is 0. The van der Waals surface area contributed by atoms with Crippen LogP contribution in [0.3, 0.4) is 0 Å². The highest BCUT2D eigenvalue weighted by Gasteiger charge is 2.36. The molecule has 0 bridgehead atoms. The molecule has 1 heterocycles. The molecule has 0 aliphatic heterocycles. The number of hydrogen-bond acceptors (Lipinski definition) is 1. The number of alkyl halides is 1. The topological polar surface area (TPSA) is 17.8 Å². The minimum absolute atomic E-state index is 0.518. The molecule has 0 radical (unpaired) electrons. The minimum atomic E-state index is 0.518. The molecular weight excluding hydrogens is 240 g/mol. The van der Waals surface area contributed by atoms with Crippen molar-refractivity contribution in [3.8, 4) is 0 Å². The van der Waals surface area contributed by atoms with Gasteiger partial charge in [-0.15, -0.1) is 0 Å². The standard InChI is InChI=1S/C11H17BrN2/c1-2-10-13-6-7-14(10)9-11(8-12)4-3-5-11/h6-7H,2-5,8-9H2,1H3. The highest BCUT2D eigenvalue weighted by Crippen LogP contribution is 2.43. The Hall–Kier alpha value is -0.310. The number of aryl methyl sites for hydroxylation is 1. The SMILES string of the molecule is CCc1nccn1CC1(CBr)CCC1. The van der Waals surface area contributed by atoms with Gasteiger partial charge in [0.2, 0.25) is 0 Å². The molecular formula is C11H17BrN2. The fourth-order valence-corrected chi connectivity index (χ4v) is 2.91. The molecule has 2 nitrogen and oxygen atoms in total. The van der Waals surface area contributed by atoms with Gasteiger partial charge in [0, 0.05) is 30.7 Å². The van der Waals surface area contributed by atoms with Gasteiger partial charge in [0.1, 0.15) is 5.82 Å². The molecule has 3 heteroatoms. The second-order valence-electron chi connectivity index (χ2n) is 4.31. The summed E-state index contributed by atoms with van der Waals surface area (Å²) in [5.41, 5.74) is 0.518. The highest BCUT2D eigenvalue weighted by atomic mass is 79.9. The van der Waals surface area contributed by atoms with E-state index < -0.39 is 0 Å². The number of aromatic nitrogens is 2. The van der Waals surface area contributed by atoms with E-state index in [1.165, 1.54) is 25.1 Å². The van der Waals surface area contributed by atoms with Crippen LogP contribution in [0.1, 0.15) is 32.0 Å². The first-order chi connectivity index (χ1) is 6.79.